The minimum absolute atomic E-state index is 0.0140. The van der Waals surface area contributed by atoms with Crippen molar-refractivity contribution in [3.05, 3.63) is 35.9 Å². The van der Waals surface area contributed by atoms with E-state index in [9.17, 15) is 4.79 Å². The maximum absolute atomic E-state index is 11.9. The van der Waals surface area contributed by atoms with Gasteiger partial charge in [-0.1, -0.05) is 76.3 Å². The van der Waals surface area contributed by atoms with Crippen LogP contribution in [-0.4, -0.2) is 17.1 Å². The van der Waals surface area contributed by atoms with Gasteiger partial charge in [0.2, 0.25) is 0 Å². The van der Waals surface area contributed by atoms with Crippen LogP contribution in [0.1, 0.15) is 57.9 Å². The van der Waals surface area contributed by atoms with Gasteiger partial charge in [0.1, 0.15) is 0 Å². The zero-order valence-electron chi connectivity index (χ0n) is 13.3. The largest absolute Gasteiger partial charge is 0.367 e. The average molecular weight is 289 g/mol. The lowest BCUT2D eigenvalue weighted by molar-refractivity contribution is -0.178. The summed E-state index contributed by atoms with van der Waals surface area (Å²) in [7, 11) is 0. The molecule has 2 rings (SSSR count). The van der Waals surface area contributed by atoms with Gasteiger partial charge in [0, 0.05) is 0 Å². The molecular weight excluding hydrogens is 262 g/mol. The Balaban J connectivity index is 1.87. The second kappa shape index (κ2) is 8.18. The Morgan fingerprint density at radius 1 is 1.10 bits per heavy atom. The summed E-state index contributed by atoms with van der Waals surface area (Å²) in [4.78, 5) is 17.3. The summed E-state index contributed by atoms with van der Waals surface area (Å²) in [5.41, 5.74) is 1.19. The van der Waals surface area contributed by atoms with Crippen molar-refractivity contribution in [3.63, 3.8) is 0 Å². The number of carbonyl (C=O) groups is 1. The molecule has 3 heteroatoms. The Hall–Kier alpha value is -1.35. The van der Waals surface area contributed by atoms with Crippen LogP contribution in [0.2, 0.25) is 0 Å². The molecule has 0 amide bonds. The second-order valence-electron chi connectivity index (χ2n) is 6.03. The van der Waals surface area contributed by atoms with Gasteiger partial charge in [-0.15, -0.1) is 5.06 Å². The number of nitrogens with zero attached hydrogens (tertiary/aromatic N) is 1. The zero-order chi connectivity index (χ0) is 15.1. The number of hydrogen-bond donors (Lipinski definition) is 0. The van der Waals surface area contributed by atoms with E-state index in [0.717, 1.165) is 6.42 Å². The predicted molar refractivity (Wildman–Crippen MR) is 84.4 cm³/mol. The van der Waals surface area contributed by atoms with E-state index >= 15 is 0 Å². The molecule has 0 radical (unpaired) electrons. The molecule has 21 heavy (non-hydrogen) atoms. The molecule has 116 valence electrons. The molecule has 2 atom stereocenters. The lowest BCUT2D eigenvalue weighted by Gasteiger charge is -2.22. The normalized spacial score (nSPS) is 22.5. The fourth-order valence-corrected chi connectivity index (χ4v) is 2.94. The van der Waals surface area contributed by atoms with Gasteiger partial charge in [-0.05, 0) is 12.0 Å². The van der Waals surface area contributed by atoms with Crippen LogP contribution in [0.3, 0.4) is 0 Å². The summed E-state index contributed by atoms with van der Waals surface area (Å²) in [5, 5.41) is 1.89. The van der Waals surface area contributed by atoms with Crippen molar-refractivity contribution in [2.75, 3.05) is 0 Å². The van der Waals surface area contributed by atoms with Crippen LogP contribution in [0, 0.1) is 5.92 Å². The van der Waals surface area contributed by atoms with Gasteiger partial charge < -0.3 is 4.84 Å². The summed E-state index contributed by atoms with van der Waals surface area (Å²) in [6.45, 7) is 4.91. The van der Waals surface area contributed by atoms with Crippen molar-refractivity contribution in [2.45, 2.75) is 65.0 Å². The molecule has 1 aliphatic heterocycles. The third-order valence-electron chi connectivity index (χ3n) is 4.31. The van der Waals surface area contributed by atoms with E-state index in [2.05, 4.69) is 19.1 Å². The minimum Gasteiger partial charge on any atom is -0.367 e. The highest BCUT2D eigenvalue weighted by molar-refractivity contribution is 5.74. The highest BCUT2D eigenvalue weighted by atomic mass is 16.7. The van der Waals surface area contributed by atoms with Gasteiger partial charge in [0.25, 0.3) is 0 Å². The molecule has 0 bridgehead atoms. The van der Waals surface area contributed by atoms with E-state index in [4.69, 9.17) is 4.84 Å². The maximum atomic E-state index is 11.9. The van der Waals surface area contributed by atoms with E-state index in [1.807, 2.05) is 30.2 Å². The number of carbonyl (C=O) groups excluding carboxylic acids is 1. The molecule has 0 N–H and O–H groups in total. The second-order valence-corrected chi connectivity index (χ2v) is 6.03. The Morgan fingerprint density at radius 2 is 1.81 bits per heavy atom. The molecule has 0 aromatic heterocycles. The molecule has 0 aliphatic carbocycles. The number of unbranched alkanes of at least 4 members (excludes halogenated alkanes) is 4. The standard InChI is InChI=1S/C18H27NO2/c1-3-4-5-6-10-13-17-15(2)18(20)21-19(17)14-16-11-8-7-9-12-16/h7-9,11-12,15,17H,3-6,10,13-14H2,1-2H3. The molecule has 1 aliphatic rings. The highest BCUT2D eigenvalue weighted by Crippen LogP contribution is 2.28. The lowest BCUT2D eigenvalue weighted by atomic mass is 9.96. The zero-order valence-corrected chi connectivity index (χ0v) is 13.3. The molecule has 1 saturated heterocycles. The highest BCUT2D eigenvalue weighted by Gasteiger charge is 2.39. The number of benzene rings is 1. The smallest absolute Gasteiger partial charge is 0.329 e. The van der Waals surface area contributed by atoms with Gasteiger partial charge >= 0.3 is 5.97 Å². The number of rotatable bonds is 8. The Morgan fingerprint density at radius 3 is 2.52 bits per heavy atom. The predicted octanol–water partition coefficient (Wildman–Crippen LogP) is 4.33. The molecule has 0 saturated carbocycles. The van der Waals surface area contributed by atoms with E-state index in [0.29, 0.717) is 6.54 Å². The number of hydroxylamine groups is 2. The summed E-state index contributed by atoms with van der Waals surface area (Å²) >= 11 is 0. The average Bonchev–Trinajstić information content (AvgIpc) is 2.75. The summed E-state index contributed by atoms with van der Waals surface area (Å²) < 4.78 is 0. The summed E-state index contributed by atoms with van der Waals surface area (Å²) in [6.07, 6.45) is 7.35. The SMILES string of the molecule is CCCCCCCC1C(C)C(=O)ON1Cc1ccccc1. The monoisotopic (exact) mass is 289 g/mol. The Kier molecular flexibility index (Phi) is 6.24. The van der Waals surface area contributed by atoms with Crippen LogP contribution in [0.25, 0.3) is 0 Å². The van der Waals surface area contributed by atoms with Crippen molar-refractivity contribution in [2.24, 2.45) is 5.92 Å². The fourth-order valence-electron chi connectivity index (χ4n) is 2.94. The van der Waals surface area contributed by atoms with Crippen LogP contribution in [0.4, 0.5) is 0 Å². The van der Waals surface area contributed by atoms with E-state index in [1.54, 1.807) is 0 Å². The molecule has 1 fully saturated rings. The first-order chi connectivity index (χ1) is 10.2. The van der Waals surface area contributed by atoms with E-state index in [-0.39, 0.29) is 17.9 Å². The topological polar surface area (TPSA) is 29.5 Å². The van der Waals surface area contributed by atoms with Crippen LogP contribution < -0.4 is 0 Å². The van der Waals surface area contributed by atoms with Crippen LogP contribution in [-0.2, 0) is 16.2 Å². The summed E-state index contributed by atoms with van der Waals surface area (Å²) in [6, 6.07) is 10.4. The van der Waals surface area contributed by atoms with Gasteiger partial charge in [-0.2, -0.15) is 0 Å². The van der Waals surface area contributed by atoms with Crippen LogP contribution in [0.15, 0.2) is 30.3 Å². The van der Waals surface area contributed by atoms with Gasteiger partial charge in [-0.25, -0.2) is 4.79 Å². The third kappa shape index (κ3) is 4.57. The van der Waals surface area contributed by atoms with Gasteiger partial charge in [0.05, 0.1) is 18.5 Å². The van der Waals surface area contributed by atoms with Gasteiger partial charge in [0.15, 0.2) is 0 Å². The first-order valence-electron chi connectivity index (χ1n) is 8.24. The van der Waals surface area contributed by atoms with Crippen molar-refractivity contribution in [1.82, 2.24) is 5.06 Å². The molecule has 2 unspecified atom stereocenters. The molecular formula is C18H27NO2. The third-order valence-corrected chi connectivity index (χ3v) is 4.31. The maximum Gasteiger partial charge on any atom is 0.329 e. The van der Waals surface area contributed by atoms with Crippen molar-refractivity contribution in [3.8, 4) is 0 Å². The molecule has 3 nitrogen and oxygen atoms in total. The quantitative estimate of drug-likeness (QED) is 0.667. The van der Waals surface area contributed by atoms with E-state index < -0.39 is 0 Å². The molecule has 0 spiro atoms. The van der Waals surface area contributed by atoms with Crippen molar-refractivity contribution in [1.29, 1.82) is 0 Å². The van der Waals surface area contributed by atoms with Crippen molar-refractivity contribution < 1.29 is 9.63 Å². The first-order valence-corrected chi connectivity index (χ1v) is 8.24. The summed E-state index contributed by atoms with van der Waals surface area (Å²) in [5.74, 6) is -0.0932. The van der Waals surface area contributed by atoms with Gasteiger partial charge in [-0.3, -0.25) is 0 Å². The van der Waals surface area contributed by atoms with E-state index in [1.165, 1.54) is 37.7 Å². The number of hydrogen-bond acceptors (Lipinski definition) is 3. The van der Waals surface area contributed by atoms with Crippen LogP contribution >= 0.6 is 0 Å². The Labute approximate surface area is 128 Å². The Bertz CT molecular complexity index is 432. The van der Waals surface area contributed by atoms with Crippen molar-refractivity contribution >= 4 is 5.97 Å². The lowest BCUT2D eigenvalue weighted by Crippen LogP contribution is -2.30. The first kappa shape index (κ1) is 16.0. The van der Waals surface area contributed by atoms with Crippen LogP contribution in [0.5, 0.6) is 0 Å². The molecule has 1 heterocycles. The molecule has 1 aromatic carbocycles. The fraction of sp³-hybridized carbons (Fsp3) is 0.611. The minimum atomic E-state index is -0.0792. The molecule has 1 aromatic rings.